The lowest BCUT2D eigenvalue weighted by molar-refractivity contribution is 0.0996. The summed E-state index contributed by atoms with van der Waals surface area (Å²) < 4.78 is 5.29. The summed E-state index contributed by atoms with van der Waals surface area (Å²) in [5.41, 5.74) is 3.70. The highest BCUT2D eigenvalue weighted by Crippen LogP contribution is 2.42. The minimum Gasteiger partial charge on any atom is -0.459 e. The van der Waals surface area contributed by atoms with Gasteiger partial charge in [-0.1, -0.05) is 30.3 Å². The van der Waals surface area contributed by atoms with Crippen molar-refractivity contribution in [1.82, 2.24) is 9.80 Å². The number of amides is 1. The fraction of sp³-hybridized carbons (Fsp3) is 0.348. The first kappa shape index (κ1) is 19.9. The van der Waals surface area contributed by atoms with Gasteiger partial charge in [0.15, 0.2) is 5.76 Å². The fourth-order valence-corrected chi connectivity index (χ4v) is 5.00. The lowest BCUT2D eigenvalue weighted by Gasteiger charge is -2.39. The number of rotatable bonds is 5. The number of nitrogens with zero attached hydrogens (tertiary/aromatic N) is 2. The molecule has 1 saturated heterocycles. The number of aryl methyl sites for hydroxylation is 1. The predicted molar refractivity (Wildman–Crippen MR) is 118 cm³/mol. The summed E-state index contributed by atoms with van der Waals surface area (Å²) in [6, 6.07) is 14.1. The van der Waals surface area contributed by atoms with Crippen LogP contribution in [0, 0.1) is 13.8 Å². The Morgan fingerprint density at radius 2 is 1.79 bits per heavy atom. The number of benzene rings is 1. The summed E-state index contributed by atoms with van der Waals surface area (Å²) in [6.45, 7) is 8.36. The number of hydrogen-bond donors (Lipinski definition) is 1. The third-order valence-electron chi connectivity index (χ3n) is 5.70. The van der Waals surface area contributed by atoms with Crippen molar-refractivity contribution < 1.29 is 9.21 Å². The van der Waals surface area contributed by atoms with Crippen LogP contribution in [0.15, 0.2) is 53.1 Å². The van der Waals surface area contributed by atoms with Crippen LogP contribution in [-0.4, -0.2) is 48.9 Å². The Bertz CT molecular complexity index is 958. The second-order valence-corrected chi connectivity index (χ2v) is 8.83. The molecule has 29 heavy (non-hydrogen) atoms. The molecule has 1 amide bonds. The highest BCUT2D eigenvalue weighted by atomic mass is 32.1. The molecule has 0 spiro atoms. The normalized spacial score (nSPS) is 16.7. The van der Waals surface area contributed by atoms with Gasteiger partial charge in [0.25, 0.3) is 5.91 Å². The highest BCUT2D eigenvalue weighted by molar-refractivity contribution is 7.16. The van der Waals surface area contributed by atoms with Gasteiger partial charge in [-0.15, -0.1) is 11.3 Å². The molecule has 0 bridgehead atoms. The van der Waals surface area contributed by atoms with Crippen LogP contribution in [-0.2, 0) is 0 Å². The number of likely N-dealkylation sites (N-methyl/N-ethyl adjacent to an activating group) is 1. The van der Waals surface area contributed by atoms with Gasteiger partial charge < -0.3 is 14.6 Å². The van der Waals surface area contributed by atoms with Gasteiger partial charge in [-0.2, -0.15) is 0 Å². The maximum Gasteiger partial charge on any atom is 0.291 e. The van der Waals surface area contributed by atoms with Crippen LogP contribution in [0.2, 0.25) is 0 Å². The van der Waals surface area contributed by atoms with Crippen molar-refractivity contribution in [2.45, 2.75) is 19.9 Å². The standard InChI is InChI=1S/C23H27N3O2S/c1-16-17(2)29-23(24-22(27)19-10-7-15-28-19)20(16)21(18-8-5-4-6-9-18)26-13-11-25(3)12-14-26/h4-10,15,21H,11-14H2,1-3H3,(H,24,27)/t21-/m1/s1. The van der Waals surface area contributed by atoms with E-state index < -0.39 is 0 Å². The zero-order chi connectivity index (χ0) is 20.4. The van der Waals surface area contributed by atoms with Gasteiger partial charge in [0.05, 0.1) is 12.3 Å². The molecule has 0 unspecified atom stereocenters. The Labute approximate surface area is 175 Å². The molecule has 1 aliphatic rings. The SMILES string of the molecule is Cc1sc(NC(=O)c2ccco2)c([C@@H](c2ccccc2)N2CCN(C)CC2)c1C. The zero-order valence-corrected chi connectivity index (χ0v) is 18.0. The zero-order valence-electron chi connectivity index (χ0n) is 17.1. The number of anilines is 1. The maximum absolute atomic E-state index is 12.7. The quantitative estimate of drug-likeness (QED) is 0.672. The molecule has 0 aliphatic carbocycles. The number of hydrogen-bond acceptors (Lipinski definition) is 5. The lowest BCUT2D eigenvalue weighted by Crippen LogP contribution is -2.46. The highest BCUT2D eigenvalue weighted by Gasteiger charge is 2.31. The maximum atomic E-state index is 12.7. The van der Waals surface area contributed by atoms with Gasteiger partial charge in [0.2, 0.25) is 0 Å². The van der Waals surface area contributed by atoms with Crippen LogP contribution in [0.4, 0.5) is 5.00 Å². The van der Waals surface area contributed by atoms with E-state index in [2.05, 4.69) is 66.3 Å². The number of piperazine rings is 1. The van der Waals surface area contributed by atoms with E-state index in [-0.39, 0.29) is 11.9 Å². The van der Waals surface area contributed by atoms with E-state index >= 15 is 0 Å². The van der Waals surface area contributed by atoms with E-state index in [1.807, 2.05) is 0 Å². The Hall–Kier alpha value is -2.41. The van der Waals surface area contributed by atoms with Crippen LogP contribution in [0.1, 0.15) is 38.2 Å². The molecular weight excluding hydrogens is 382 g/mol. The molecule has 4 rings (SSSR count). The fourth-order valence-electron chi connectivity index (χ4n) is 3.91. The Kier molecular flexibility index (Phi) is 5.85. The van der Waals surface area contributed by atoms with Gasteiger partial charge in [0.1, 0.15) is 5.00 Å². The van der Waals surface area contributed by atoms with Crippen LogP contribution < -0.4 is 5.32 Å². The van der Waals surface area contributed by atoms with E-state index in [0.29, 0.717) is 5.76 Å². The number of carbonyl (C=O) groups is 1. The predicted octanol–water partition coefficient (Wildman–Crippen LogP) is 4.55. The molecule has 1 N–H and O–H groups in total. The third-order valence-corrected chi connectivity index (χ3v) is 6.83. The summed E-state index contributed by atoms with van der Waals surface area (Å²) in [5.74, 6) is 0.123. The van der Waals surface area contributed by atoms with Crippen LogP contribution >= 0.6 is 11.3 Å². The van der Waals surface area contributed by atoms with E-state index in [9.17, 15) is 4.79 Å². The summed E-state index contributed by atoms with van der Waals surface area (Å²) >= 11 is 1.64. The van der Waals surface area contributed by atoms with Gasteiger partial charge in [-0.25, -0.2) is 0 Å². The molecule has 6 heteroatoms. The summed E-state index contributed by atoms with van der Waals surface area (Å²) in [6.07, 6.45) is 1.53. The van der Waals surface area contributed by atoms with E-state index in [0.717, 1.165) is 31.2 Å². The first-order chi connectivity index (χ1) is 14.0. The Balaban J connectivity index is 1.75. The summed E-state index contributed by atoms with van der Waals surface area (Å²) in [5, 5.41) is 4.03. The average Bonchev–Trinajstić information content (AvgIpc) is 3.35. The second kappa shape index (κ2) is 8.53. The number of thiophene rings is 1. The molecule has 1 fully saturated rings. The van der Waals surface area contributed by atoms with Gasteiger partial charge >= 0.3 is 0 Å². The van der Waals surface area contributed by atoms with Crippen LogP contribution in [0.25, 0.3) is 0 Å². The van der Waals surface area contributed by atoms with Crippen molar-refractivity contribution in [3.05, 3.63) is 76.1 Å². The summed E-state index contributed by atoms with van der Waals surface area (Å²) in [4.78, 5) is 18.8. The number of nitrogens with one attached hydrogen (secondary N) is 1. The van der Waals surface area contributed by atoms with E-state index in [1.54, 1.807) is 23.5 Å². The van der Waals surface area contributed by atoms with Gasteiger partial charge in [-0.05, 0) is 44.2 Å². The molecule has 0 radical (unpaired) electrons. The minimum absolute atomic E-state index is 0.113. The largest absolute Gasteiger partial charge is 0.459 e. The molecular formula is C23H27N3O2S. The van der Waals surface area contributed by atoms with Crippen LogP contribution in [0.3, 0.4) is 0 Å². The number of furan rings is 1. The average molecular weight is 410 g/mol. The van der Waals surface area contributed by atoms with Crippen molar-refractivity contribution in [2.24, 2.45) is 0 Å². The van der Waals surface area contributed by atoms with Crippen molar-refractivity contribution in [3.8, 4) is 0 Å². The first-order valence-corrected chi connectivity index (χ1v) is 10.8. The third kappa shape index (κ3) is 4.15. The first-order valence-electron chi connectivity index (χ1n) is 9.97. The Morgan fingerprint density at radius 1 is 1.07 bits per heavy atom. The molecule has 1 atom stereocenters. The van der Waals surface area contributed by atoms with Crippen molar-refractivity contribution in [2.75, 3.05) is 38.5 Å². The molecule has 3 heterocycles. The minimum atomic E-state index is -0.206. The molecule has 152 valence electrons. The molecule has 1 aliphatic heterocycles. The van der Waals surface area contributed by atoms with Crippen LogP contribution in [0.5, 0.6) is 0 Å². The smallest absolute Gasteiger partial charge is 0.291 e. The Morgan fingerprint density at radius 3 is 2.45 bits per heavy atom. The molecule has 3 aromatic rings. The van der Waals surface area contributed by atoms with Crippen molar-refractivity contribution >= 4 is 22.2 Å². The van der Waals surface area contributed by atoms with E-state index in [1.165, 1.54) is 27.8 Å². The second-order valence-electron chi connectivity index (χ2n) is 7.61. The van der Waals surface area contributed by atoms with Crippen molar-refractivity contribution in [1.29, 1.82) is 0 Å². The number of carbonyl (C=O) groups excluding carboxylic acids is 1. The molecule has 0 saturated carbocycles. The molecule has 5 nitrogen and oxygen atoms in total. The summed E-state index contributed by atoms with van der Waals surface area (Å²) in [7, 11) is 2.17. The lowest BCUT2D eigenvalue weighted by atomic mass is 9.94. The van der Waals surface area contributed by atoms with E-state index in [4.69, 9.17) is 4.42 Å². The van der Waals surface area contributed by atoms with Gasteiger partial charge in [-0.3, -0.25) is 9.69 Å². The monoisotopic (exact) mass is 409 g/mol. The molecule has 2 aromatic heterocycles. The van der Waals surface area contributed by atoms with Gasteiger partial charge in [0, 0.05) is 36.6 Å². The topological polar surface area (TPSA) is 48.7 Å². The molecule has 1 aromatic carbocycles. The van der Waals surface area contributed by atoms with Crippen molar-refractivity contribution in [3.63, 3.8) is 0 Å².